The van der Waals surface area contributed by atoms with Crippen molar-refractivity contribution in [1.29, 1.82) is 0 Å². The number of aromatic nitrogens is 3. The molecule has 0 saturated carbocycles. The molecule has 0 aliphatic carbocycles. The van der Waals surface area contributed by atoms with Gasteiger partial charge in [-0.1, -0.05) is 11.6 Å². The summed E-state index contributed by atoms with van der Waals surface area (Å²) < 4.78 is 40.2. The molecule has 3 N–H and O–H groups in total. The lowest BCUT2D eigenvalue weighted by molar-refractivity contribution is 0.560. The van der Waals surface area contributed by atoms with Crippen LogP contribution in [0.5, 0.6) is 0 Å². The van der Waals surface area contributed by atoms with E-state index in [1.807, 2.05) is 4.72 Å². The Kier molecular flexibility index (Phi) is 4.12. The zero-order valence-electron chi connectivity index (χ0n) is 9.92. The Hall–Kier alpha value is -1.84. The molecule has 0 saturated heterocycles. The molecule has 0 unspecified atom stereocenters. The largest absolute Gasteiger partial charge is 0.326 e. The van der Waals surface area contributed by atoms with Crippen LogP contribution in [0.3, 0.4) is 0 Å². The zero-order valence-corrected chi connectivity index (χ0v) is 11.5. The van der Waals surface area contributed by atoms with Crippen LogP contribution in [0.1, 0.15) is 5.56 Å². The third-order valence-corrected chi connectivity index (χ3v) is 3.84. The first-order valence-electron chi connectivity index (χ1n) is 5.28. The van der Waals surface area contributed by atoms with E-state index in [0.717, 1.165) is 6.07 Å². The lowest BCUT2D eigenvalue weighted by atomic mass is 10.2. The van der Waals surface area contributed by atoms with E-state index in [9.17, 15) is 12.8 Å². The fourth-order valence-electron chi connectivity index (χ4n) is 1.43. The van der Waals surface area contributed by atoms with Crippen LogP contribution >= 0.6 is 11.6 Å². The molecule has 106 valence electrons. The molecule has 0 aliphatic heterocycles. The minimum atomic E-state index is -4.23. The fraction of sp³-hybridized carbons (Fsp3) is 0.100. The van der Waals surface area contributed by atoms with Crippen LogP contribution in [0.4, 0.5) is 10.3 Å². The van der Waals surface area contributed by atoms with Crippen molar-refractivity contribution in [3.63, 3.8) is 0 Å². The molecule has 0 atom stereocenters. The van der Waals surface area contributed by atoms with Crippen molar-refractivity contribution in [2.24, 2.45) is 5.73 Å². The molecule has 0 amide bonds. The number of nitrogens with zero attached hydrogens (tertiary/aromatic N) is 3. The van der Waals surface area contributed by atoms with E-state index < -0.39 is 20.7 Å². The van der Waals surface area contributed by atoms with Gasteiger partial charge < -0.3 is 5.73 Å². The second-order valence-electron chi connectivity index (χ2n) is 3.65. The molecule has 0 spiro atoms. The molecule has 0 bridgehead atoms. The van der Waals surface area contributed by atoms with Gasteiger partial charge in [0.1, 0.15) is 10.7 Å². The Bertz CT molecular complexity index is 726. The van der Waals surface area contributed by atoms with E-state index in [0.29, 0.717) is 0 Å². The first-order chi connectivity index (χ1) is 9.44. The molecule has 0 radical (unpaired) electrons. The van der Waals surface area contributed by atoms with Crippen LogP contribution in [0.15, 0.2) is 29.4 Å². The van der Waals surface area contributed by atoms with Crippen LogP contribution in [0.2, 0.25) is 5.02 Å². The lowest BCUT2D eigenvalue weighted by Crippen LogP contribution is -2.18. The van der Waals surface area contributed by atoms with Gasteiger partial charge in [0, 0.05) is 17.1 Å². The lowest BCUT2D eigenvalue weighted by Gasteiger charge is -2.10. The van der Waals surface area contributed by atoms with Crippen LogP contribution < -0.4 is 10.5 Å². The number of benzene rings is 1. The molecule has 2 aromatic rings. The monoisotopic (exact) mass is 317 g/mol. The summed E-state index contributed by atoms with van der Waals surface area (Å²) in [4.78, 5) is 3.01. The van der Waals surface area contributed by atoms with Crippen LogP contribution in [-0.4, -0.2) is 23.6 Å². The van der Waals surface area contributed by atoms with E-state index in [2.05, 4.69) is 15.2 Å². The Balaban J connectivity index is 2.47. The Morgan fingerprint density at radius 1 is 1.35 bits per heavy atom. The number of nitrogens with two attached hydrogens (primary N) is 1. The van der Waals surface area contributed by atoms with Gasteiger partial charge in [0.25, 0.3) is 16.0 Å². The first kappa shape index (κ1) is 14.6. The van der Waals surface area contributed by atoms with Crippen molar-refractivity contribution in [2.45, 2.75) is 11.4 Å². The van der Waals surface area contributed by atoms with Gasteiger partial charge in [-0.05, 0) is 12.1 Å². The van der Waals surface area contributed by atoms with Gasteiger partial charge in [0.15, 0.2) is 0 Å². The van der Waals surface area contributed by atoms with Crippen molar-refractivity contribution in [3.8, 4) is 0 Å². The number of halogens is 2. The van der Waals surface area contributed by atoms with Crippen molar-refractivity contribution in [1.82, 2.24) is 15.2 Å². The minimum absolute atomic E-state index is 0.00928. The Morgan fingerprint density at radius 3 is 2.70 bits per heavy atom. The summed E-state index contributed by atoms with van der Waals surface area (Å²) >= 11 is 5.75. The van der Waals surface area contributed by atoms with Crippen molar-refractivity contribution in [3.05, 3.63) is 40.9 Å². The van der Waals surface area contributed by atoms with Gasteiger partial charge in [-0.15, -0.1) is 5.10 Å². The van der Waals surface area contributed by atoms with E-state index >= 15 is 0 Å². The molecular weight excluding hydrogens is 309 g/mol. The Labute approximate surface area is 119 Å². The van der Waals surface area contributed by atoms with Gasteiger partial charge in [0.05, 0.1) is 12.4 Å². The molecule has 1 aromatic heterocycles. The topological polar surface area (TPSA) is 111 Å². The average Bonchev–Trinajstić information content (AvgIpc) is 2.41. The van der Waals surface area contributed by atoms with E-state index in [4.69, 9.17) is 17.3 Å². The van der Waals surface area contributed by atoms with E-state index in [-0.39, 0.29) is 23.1 Å². The van der Waals surface area contributed by atoms with Crippen molar-refractivity contribution >= 4 is 27.6 Å². The van der Waals surface area contributed by atoms with E-state index in [1.165, 1.54) is 18.5 Å². The molecule has 7 nitrogen and oxygen atoms in total. The molecule has 0 aliphatic rings. The maximum atomic E-state index is 14.0. The van der Waals surface area contributed by atoms with Gasteiger partial charge in [-0.2, -0.15) is 5.10 Å². The third-order valence-electron chi connectivity index (χ3n) is 2.30. The fourth-order valence-corrected chi connectivity index (χ4v) is 2.83. The van der Waals surface area contributed by atoms with Crippen molar-refractivity contribution < 1.29 is 12.8 Å². The number of anilines is 1. The molecular formula is C10H9ClFN5O2S. The number of rotatable bonds is 4. The standard InChI is InChI=1S/C10H9ClFN5O2S/c11-7-3-6(5-13)9(12)8(4-7)20(18,19)17-10-14-1-2-15-16-10/h1-4H,5,13H2,(H,14,16,17). The summed E-state index contributed by atoms with van der Waals surface area (Å²) in [5.74, 6) is -1.24. The highest BCUT2D eigenvalue weighted by molar-refractivity contribution is 7.92. The molecule has 0 fully saturated rings. The molecule has 10 heteroatoms. The number of hydrogen-bond acceptors (Lipinski definition) is 6. The molecule has 1 heterocycles. The van der Waals surface area contributed by atoms with Gasteiger partial charge in [-0.25, -0.2) is 22.5 Å². The summed E-state index contributed by atoms with van der Waals surface area (Å²) in [6.07, 6.45) is 2.51. The predicted molar refractivity (Wildman–Crippen MR) is 69.9 cm³/mol. The van der Waals surface area contributed by atoms with Gasteiger partial charge in [0.2, 0.25) is 0 Å². The maximum absolute atomic E-state index is 14.0. The number of hydrogen-bond donors (Lipinski definition) is 2. The van der Waals surface area contributed by atoms with Crippen LogP contribution in [0, 0.1) is 5.82 Å². The predicted octanol–water partition coefficient (Wildman–Crippen LogP) is 0.924. The SMILES string of the molecule is NCc1cc(Cl)cc(S(=O)(=O)Nc2nccnn2)c1F. The van der Waals surface area contributed by atoms with E-state index in [1.54, 1.807) is 0 Å². The van der Waals surface area contributed by atoms with Gasteiger partial charge >= 0.3 is 0 Å². The third kappa shape index (κ3) is 3.00. The molecule has 20 heavy (non-hydrogen) atoms. The highest BCUT2D eigenvalue weighted by Crippen LogP contribution is 2.24. The quantitative estimate of drug-likeness (QED) is 0.867. The number of nitrogens with one attached hydrogen (secondary N) is 1. The second-order valence-corrected chi connectivity index (χ2v) is 5.74. The normalized spacial score (nSPS) is 11.3. The minimum Gasteiger partial charge on any atom is -0.326 e. The summed E-state index contributed by atoms with van der Waals surface area (Å²) in [7, 11) is -4.23. The summed E-state index contributed by atoms with van der Waals surface area (Å²) in [5.41, 5.74) is 5.33. The summed E-state index contributed by atoms with van der Waals surface area (Å²) in [6, 6.07) is 2.24. The van der Waals surface area contributed by atoms with Crippen LogP contribution in [0.25, 0.3) is 0 Å². The Morgan fingerprint density at radius 2 is 2.10 bits per heavy atom. The second kappa shape index (κ2) is 5.65. The smallest absolute Gasteiger partial charge is 0.267 e. The first-order valence-corrected chi connectivity index (χ1v) is 7.14. The van der Waals surface area contributed by atoms with Crippen LogP contribution in [-0.2, 0) is 16.6 Å². The highest BCUT2D eigenvalue weighted by Gasteiger charge is 2.23. The number of sulfonamides is 1. The van der Waals surface area contributed by atoms with Crippen molar-refractivity contribution in [2.75, 3.05) is 4.72 Å². The molecule has 1 aromatic carbocycles. The maximum Gasteiger partial charge on any atom is 0.267 e. The average molecular weight is 318 g/mol. The highest BCUT2D eigenvalue weighted by atomic mass is 35.5. The zero-order chi connectivity index (χ0) is 14.8. The molecule has 2 rings (SSSR count). The summed E-state index contributed by atoms with van der Waals surface area (Å²) in [5, 5.41) is 6.96. The van der Waals surface area contributed by atoms with Gasteiger partial charge in [-0.3, -0.25) is 0 Å². The summed E-state index contributed by atoms with van der Waals surface area (Å²) in [6.45, 7) is -0.182.